The molecule has 0 saturated carbocycles. The third kappa shape index (κ3) is 3.71. The van der Waals surface area contributed by atoms with Crippen molar-refractivity contribution in [1.82, 2.24) is 0 Å². The Morgan fingerprint density at radius 2 is 1.80 bits per heavy atom. The van der Waals surface area contributed by atoms with Gasteiger partial charge < -0.3 is 44.5 Å². The molecule has 1 aromatic carbocycles. The van der Waals surface area contributed by atoms with E-state index in [1.54, 1.807) is 6.92 Å². The van der Waals surface area contributed by atoms with Crippen LogP contribution in [0.2, 0.25) is 0 Å². The van der Waals surface area contributed by atoms with E-state index in [4.69, 9.17) is 13.9 Å². The van der Waals surface area contributed by atoms with Crippen LogP contribution >= 0.6 is 0 Å². The summed E-state index contributed by atoms with van der Waals surface area (Å²) in [4.78, 5) is 12.8. The molecule has 7 atom stereocenters. The fraction of sp³-hybridized carbons (Fsp3) is 0.550. The number of aliphatic hydroxyl groups excluding tert-OH is 6. The van der Waals surface area contributed by atoms with E-state index in [0.717, 1.165) is 6.07 Å². The predicted octanol–water partition coefficient (Wildman–Crippen LogP) is -0.961. The summed E-state index contributed by atoms with van der Waals surface area (Å²) in [6.07, 6.45) is -10.1. The minimum atomic E-state index is -1.65. The lowest BCUT2D eigenvalue weighted by Crippen LogP contribution is -2.55. The second-order valence-corrected chi connectivity index (χ2v) is 7.46. The zero-order chi connectivity index (χ0) is 22.3. The molecule has 0 radical (unpaired) electrons. The molecule has 10 nitrogen and oxygen atoms in total. The largest absolute Gasteiger partial charge is 0.496 e. The van der Waals surface area contributed by atoms with Gasteiger partial charge in [-0.05, 0) is 25.5 Å². The summed E-state index contributed by atoms with van der Waals surface area (Å²) in [5.41, 5.74) is -0.0240. The van der Waals surface area contributed by atoms with Crippen LogP contribution in [0.1, 0.15) is 36.0 Å². The molecular formula is C20H26O10. The van der Waals surface area contributed by atoms with Gasteiger partial charge in [-0.25, -0.2) is 0 Å². The zero-order valence-electron chi connectivity index (χ0n) is 16.7. The Morgan fingerprint density at radius 3 is 2.37 bits per heavy atom. The Hall–Kier alpha value is -2.05. The summed E-state index contributed by atoms with van der Waals surface area (Å²) in [5.74, 6) is -0.0443. The SMILES string of the molecule is COc1cc(C)c2c(=O)cc([C@H](O)[C@@H](C)O)oc2c1[C@@H]1O[C@H](CO)[C@H](O)[C@H](O)[C@H]1O. The summed E-state index contributed by atoms with van der Waals surface area (Å²) >= 11 is 0. The van der Waals surface area contributed by atoms with Gasteiger partial charge in [0.25, 0.3) is 0 Å². The summed E-state index contributed by atoms with van der Waals surface area (Å²) in [6, 6.07) is 2.59. The van der Waals surface area contributed by atoms with Gasteiger partial charge in [0.1, 0.15) is 53.7 Å². The van der Waals surface area contributed by atoms with Crippen molar-refractivity contribution in [3.05, 3.63) is 39.2 Å². The molecule has 1 saturated heterocycles. The summed E-state index contributed by atoms with van der Waals surface area (Å²) in [5, 5.41) is 60.3. The number of rotatable bonds is 5. The van der Waals surface area contributed by atoms with Crippen LogP contribution in [0.3, 0.4) is 0 Å². The van der Waals surface area contributed by atoms with Crippen molar-refractivity contribution in [2.45, 2.75) is 56.6 Å². The normalized spacial score (nSPS) is 29.0. The highest BCUT2D eigenvalue weighted by Gasteiger charge is 2.46. The molecule has 166 valence electrons. The van der Waals surface area contributed by atoms with Crippen molar-refractivity contribution >= 4 is 11.0 Å². The number of methoxy groups -OCH3 is 1. The van der Waals surface area contributed by atoms with Gasteiger partial charge in [0, 0.05) is 6.07 Å². The topological polar surface area (TPSA) is 170 Å². The summed E-state index contributed by atoms with van der Waals surface area (Å²) < 4.78 is 16.8. The van der Waals surface area contributed by atoms with Crippen LogP contribution in [-0.4, -0.2) is 74.9 Å². The molecule has 0 unspecified atom stereocenters. The molecule has 0 spiro atoms. The van der Waals surface area contributed by atoms with E-state index in [1.807, 2.05) is 0 Å². The lowest BCUT2D eigenvalue weighted by molar-refractivity contribution is -0.231. The van der Waals surface area contributed by atoms with Crippen molar-refractivity contribution in [2.75, 3.05) is 13.7 Å². The van der Waals surface area contributed by atoms with Crippen molar-refractivity contribution < 1.29 is 44.5 Å². The van der Waals surface area contributed by atoms with Crippen LogP contribution in [0.15, 0.2) is 21.3 Å². The number of hydrogen-bond donors (Lipinski definition) is 6. The molecule has 1 fully saturated rings. The lowest BCUT2D eigenvalue weighted by Gasteiger charge is -2.40. The van der Waals surface area contributed by atoms with Gasteiger partial charge in [0.05, 0.1) is 30.8 Å². The molecule has 3 rings (SSSR count). The first kappa shape index (κ1) is 22.6. The molecule has 30 heavy (non-hydrogen) atoms. The van der Waals surface area contributed by atoms with Crippen LogP contribution in [0, 0.1) is 6.92 Å². The minimum absolute atomic E-state index is 0.0618. The van der Waals surface area contributed by atoms with E-state index in [2.05, 4.69) is 0 Å². The van der Waals surface area contributed by atoms with Crippen molar-refractivity contribution in [3.8, 4) is 5.75 Å². The molecule has 2 aromatic rings. The van der Waals surface area contributed by atoms with Gasteiger partial charge in [-0.3, -0.25) is 4.79 Å². The Labute approximate surface area is 171 Å². The van der Waals surface area contributed by atoms with Crippen LogP contribution in [0.5, 0.6) is 5.75 Å². The Morgan fingerprint density at radius 1 is 1.13 bits per heavy atom. The number of aryl methyl sites for hydroxylation is 1. The Bertz CT molecular complexity index is 966. The molecule has 1 aliphatic heterocycles. The quantitative estimate of drug-likeness (QED) is 0.350. The molecular weight excluding hydrogens is 400 g/mol. The highest BCUT2D eigenvalue weighted by atomic mass is 16.5. The van der Waals surface area contributed by atoms with E-state index in [0.29, 0.717) is 5.56 Å². The third-order valence-electron chi connectivity index (χ3n) is 5.36. The minimum Gasteiger partial charge on any atom is -0.496 e. The smallest absolute Gasteiger partial charge is 0.193 e. The molecule has 1 aromatic heterocycles. The molecule has 10 heteroatoms. The predicted molar refractivity (Wildman–Crippen MR) is 103 cm³/mol. The standard InChI is InChI=1S/C20H26O10/c1-7-4-10(28-3)14(20-18(27)17(26)16(25)12(6-21)30-20)19-13(7)9(23)5-11(29-19)15(24)8(2)22/h4-5,8,12,15-18,20-22,24-27H,6H2,1-3H3/t8-,12-,15-,16+,17+,18-,20+/m1/s1. The molecule has 0 aliphatic carbocycles. The molecule has 0 amide bonds. The van der Waals surface area contributed by atoms with Crippen LogP contribution < -0.4 is 10.2 Å². The van der Waals surface area contributed by atoms with Crippen molar-refractivity contribution in [3.63, 3.8) is 0 Å². The van der Waals surface area contributed by atoms with Gasteiger partial charge in [-0.15, -0.1) is 0 Å². The number of aliphatic hydroxyl groups is 6. The Balaban J connectivity index is 2.31. The first-order valence-electron chi connectivity index (χ1n) is 9.44. The average molecular weight is 426 g/mol. The van der Waals surface area contributed by atoms with Crippen LogP contribution in [0.25, 0.3) is 11.0 Å². The summed E-state index contributed by atoms with van der Waals surface area (Å²) in [6.45, 7) is 2.33. The second-order valence-electron chi connectivity index (χ2n) is 7.46. The number of fused-ring (bicyclic) bond motifs is 1. The second kappa shape index (κ2) is 8.60. The fourth-order valence-corrected chi connectivity index (χ4v) is 3.70. The lowest BCUT2D eigenvalue weighted by atomic mass is 9.89. The van der Waals surface area contributed by atoms with Gasteiger partial charge in [-0.1, -0.05) is 0 Å². The fourth-order valence-electron chi connectivity index (χ4n) is 3.70. The highest BCUT2D eigenvalue weighted by Crippen LogP contribution is 2.42. The van der Waals surface area contributed by atoms with E-state index in [9.17, 15) is 35.4 Å². The van der Waals surface area contributed by atoms with E-state index < -0.39 is 54.8 Å². The zero-order valence-corrected chi connectivity index (χ0v) is 16.7. The maximum Gasteiger partial charge on any atom is 0.193 e. The van der Waals surface area contributed by atoms with Crippen molar-refractivity contribution in [2.24, 2.45) is 0 Å². The molecule has 1 aliphatic rings. The van der Waals surface area contributed by atoms with Gasteiger partial charge in [-0.2, -0.15) is 0 Å². The van der Waals surface area contributed by atoms with Crippen LogP contribution in [0.4, 0.5) is 0 Å². The van der Waals surface area contributed by atoms with Gasteiger partial charge in [0.2, 0.25) is 0 Å². The Kier molecular flexibility index (Phi) is 6.48. The first-order valence-corrected chi connectivity index (χ1v) is 9.44. The first-order chi connectivity index (χ1) is 14.1. The van der Waals surface area contributed by atoms with E-state index in [1.165, 1.54) is 20.1 Å². The van der Waals surface area contributed by atoms with E-state index >= 15 is 0 Å². The van der Waals surface area contributed by atoms with Crippen LogP contribution in [-0.2, 0) is 4.74 Å². The maximum absolute atomic E-state index is 12.8. The number of hydrogen-bond acceptors (Lipinski definition) is 10. The number of ether oxygens (including phenoxy) is 2. The van der Waals surface area contributed by atoms with Gasteiger partial charge >= 0.3 is 0 Å². The summed E-state index contributed by atoms with van der Waals surface area (Å²) in [7, 11) is 1.35. The molecule has 0 bridgehead atoms. The van der Waals surface area contributed by atoms with Gasteiger partial charge in [0.15, 0.2) is 5.43 Å². The molecule has 2 heterocycles. The van der Waals surface area contributed by atoms with E-state index in [-0.39, 0.29) is 28.0 Å². The average Bonchev–Trinajstić information content (AvgIpc) is 2.71. The third-order valence-corrected chi connectivity index (χ3v) is 5.36. The molecule has 6 N–H and O–H groups in total. The maximum atomic E-state index is 12.8. The highest BCUT2D eigenvalue weighted by molar-refractivity contribution is 5.86. The van der Waals surface area contributed by atoms with Crippen molar-refractivity contribution in [1.29, 1.82) is 0 Å². The number of benzene rings is 1. The monoisotopic (exact) mass is 426 g/mol.